The lowest BCUT2D eigenvalue weighted by molar-refractivity contribution is -0.122. The number of rotatable bonds is 6. The molecule has 0 spiro atoms. The molecule has 2 aromatic rings. The Balaban J connectivity index is 1.24. The van der Waals surface area contributed by atoms with Gasteiger partial charge in [0.05, 0.1) is 11.4 Å². The van der Waals surface area contributed by atoms with Crippen molar-refractivity contribution in [3.63, 3.8) is 0 Å². The molecule has 5 nitrogen and oxygen atoms in total. The van der Waals surface area contributed by atoms with Crippen LogP contribution in [0.1, 0.15) is 45.4 Å². The zero-order valence-electron chi connectivity index (χ0n) is 17.7. The van der Waals surface area contributed by atoms with E-state index in [1.165, 1.54) is 23.3 Å². The van der Waals surface area contributed by atoms with Crippen LogP contribution in [0.2, 0.25) is 0 Å². The van der Waals surface area contributed by atoms with E-state index in [1.54, 1.807) is 11.3 Å². The van der Waals surface area contributed by atoms with Crippen LogP contribution in [0, 0.1) is 5.92 Å². The second kappa shape index (κ2) is 9.75. The maximum Gasteiger partial charge on any atom is 0.264 e. The lowest BCUT2D eigenvalue weighted by Gasteiger charge is -2.34. The van der Waals surface area contributed by atoms with Crippen molar-refractivity contribution in [1.29, 1.82) is 0 Å². The van der Waals surface area contributed by atoms with E-state index in [9.17, 15) is 9.59 Å². The molecule has 2 heterocycles. The highest BCUT2D eigenvalue weighted by Crippen LogP contribution is 2.34. The van der Waals surface area contributed by atoms with Gasteiger partial charge in [-0.3, -0.25) is 14.5 Å². The molecule has 0 bridgehead atoms. The van der Waals surface area contributed by atoms with Gasteiger partial charge in [-0.25, -0.2) is 0 Å². The molecule has 1 atom stereocenters. The van der Waals surface area contributed by atoms with E-state index >= 15 is 0 Å². The van der Waals surface area contributed by atoms with Gasteiger partial charge in [-0.1, -0.05) is 43.7 Å². The molecule has 0 saturated carbocycles. The lowest BCUT2D eigenvalue weighted by Crippen LogP contribution is -2.51. The van der Waals surface area contributed by atoms with Crippen molar-refractivity contribution in [3.8, 4) is 0 Å². The smallest absolute Gasteiger partial charge is 0.264 e. The number of amides is 2. The van der Waals surface area contributed by atoms with E-state index in [2.05, 4.69) is 23.2 Å². The van der Waals surface area contributed by atoms with Gasteiger partial charge < -0.3 is 10.2 Å². The fraction of sp³-hybridized carbons (Fsp3) is 0.500. The SMILES string of the molecule is CC[C@@H]1CCc2sc(C(=O)N3CCN(CC(=O)NCc4ccccc4)CC3)cc2C1. The van der Waals surface area contributed by atoms with Gasteiger partial charge in [0.1, 0.15) is 0 Å². The minimum absolute atomic E-state index is 0.0371. The number of piperazine rings is 1. The third-order valence-electron chi connectivity index (χ3n) is 6.33. The number of nitrogens with one attached hydrogen (secondary N) is 1. The zero-order valence-corrected chi connectivity index (χ0v) is 18.5. The van der Waals surface area contributed by atoms with Crippen molar-refractivity contribution in [3.05, 3.63) is 57.3 Å². The summed E-state index contributed by atoms with van der Waals surface area (Å²) in [5, 5.41) is 2.98. The van der Waals surface area contributed by atoms with Crippen LogP contribution in [-0.2, 0) is 24.2 Å². The first-order chi connectivity index (χ1) is 14.6. The molecule has 6 heteroatoms. The number of carbonyl (C=O) groups is 2. The molecule has 1 N–H and O–H groups in total. The normalized spacial score (nSPS) is 19.4. The second-order valence-corrected chi connectivity index (χ2v) is 9.54. The molecule has 2 aliphatic rings. The monoisotopic (exact) mass is 425 g/mol. The third kappa shape index (κ3) is 5.10. The molecule has 30 heavy (non-hydrogen) atoms. The van der Waals surface area contributed by atoms with Gasteiger partial charge in [-0.2, -0.15) is 0 Å². The summed E-state index contributed by atoms with van der Waals surface area (Å²) in [5.74, 6) is 0.970. The molecule has 0 unspecified atom stereocenters. The summed E-state index contributed by atoms with van der Waals surface area (Å²) in [6.45, 7) is 6.06. The van der Waals surface area contributed by atoms with Crippen LogP contribution in [0.25, 0.3) is 0 Å². The number of fused-ring (bicyclic) bond motifs is 1. The molecule has 160 valence electrons. The van der Waals surface area contributed by atoms with Gasteiger partial charge >= 0.3 is 0 Å². The quantitative estimate of drug-likeness (QED) is 0.772. The summed E-state index contributed by atoms with van der Waals surface area (Å²) in [6.07, 6.45) is 4.72. The standard InChI is InChI=1S/C24H31N3O2S/c1-2-18-8-9-21-20(14-18)15-22(30-21)24(29)27-12-10-26(11-13-27)17-23(28)25-16-19-6-4-3-5-7-19/h3-7,15,18H,2,8-14,16-17H2,1H3,(H,25,28)/t18-/m1/s1. The van der Waals surface area contributed by atoms with E-state index in [4.69, 9.17) is 0 Å². The highest BCUT2D eigenvalue weighted by atomic mass is 32.1. The maximum atomic E-state index is 13.0. The Morgan fingerprint density at radius 1 is 1.13 bits per heavy atom. The first kappa shape index (κ1) is 21.1. The van der Waals surface area contributed by atoms with Crippen molar-refractivity contribution < 1.29 is 9.59 Å². The van der Waals surface area contributed by atoms with Crippen LogP contribution in [0.5, 0.6) is 0 Å². The molecule has 1 aliphatic heterocycles. The molecular formula is C24H31N3O2S. The molecule has 1 aromatic heterocycles. The molecule has 4 rings (SSSR count). The number of hydrogen-bond donors (Lipinski definition) is 1. The van der Waals surface area contributed by atoms with Gasteiger partial charge in [0.25, 0.3) is 5.91 Å². The minimum atomic E-state index is 0.0371. The third-order valence-corrected chi connectivity index (χ3v) is 7.56. The van der Waals surface area contributed by atoms with Crippen LogP contribution in [0.4, 0.5) is 0 Å². The molecule has 0 radical (unpaired) electrons. The van der Waals surface area contributed by atoms with Crippen LogP contribution in [-0.4, -0.2) is 54.3 Å². The van der Waals surface area contributed by atoms with Gasteiger partial charge in [-0.15, -0.1) is 11.3 Å². The minimum Gasteiger partial charge on any atom is -0.351 e. The van der Waals surface area contributed by atoms with Crippen molar-refractivity contribution in [2.45, 2.75) is 39.2 Å². The molecular weight excluding hydrogens is 394 g/mol. The van der Waals surface area contributed by atoms with Crippen molar-refractivity contribution in [2.75, 3.05) is 32.7 Å². The van der Waals surface area contributed by atoms with Crippen LogP contribution >= 0.6 is 11.3 Å². The first-order valence-corrected chi connectivity index (χ1v) is 11.9. The number of thiophene rings is 1. The number of aryl methyl sites for hydroxylation is 1. The Labute approximate surface area is 183 Å². The fourth-order valence-corrected chi connectivity index (χ4v) is 5.55. The number of benzene rings is 1. The number of carbonyl (C=O) groups excluding carboxylic acids is 2. The maximum absolute atomic E-state index is 13.0. The van der Waals surface area contributed by atoms with Gasteiger partial charge in [0, 0.05) is 37.6 Å². The average molecular weight is 426 g/mol. The Morgan fingerprint density at radius 2 is 1.90 bits per heavy atom. The van der Waals surface area contributed by atoms with Gasteiger partial charge in [0.2, 0.25) is 5.91 Å². The predicted octanol–water partition coefficient (Wildman–Crippen LogP) is 3.34. The predicted molar refractivity (Wildman–Crippen MR) is 121 cm³/mol. The van der Waals surface area contributed by atoms with Crippen molar-refractivity contribution >= 4 is 23.2 Å². The van der Waals surface area contributed by atoms with E-state index < -0.39 is 0 Å². The Hall–Kier alpha value is -2.18. The van der Waals surface area contributed by atoms with Crippen LogP contribution < -0.4 is 5.32 Å². The largest absolute Gasteiger partial charge is 0.351 e. The Kier molecular flexibility index (Phi) is 6.85. The number of nitrogens with zero attached hydrogens (tertiary/aromatic N) is 2. The fourth-order valence-electron chi connectivity index (χ4n) is 4.37. The molecule has 1 fully saturated rings. The van der Waals surface area contributed by atoms with Crippen molar-refractivity contribution in [1.82, 2.24) is 15.1 Å². The summed E-state index contributed by atoms with van der Waals surface area (Å²) in [4.78, 5) is 31.6. The summed E-state index contributed by atoms with van der Waals surface area (Å²) >= 11 is 1.70. The van der Waals surface area contributed by atoms with E-state index in [0.29, 0.717) is 26.2 Å². The summed E-state index contributed by atoms with van der Waals surface area (Å²) in [6, 6.07) is 12.1. The Morgan fingerprint density at radius 3 is 2.63 bits per heavy atom. The highest BCUT2D eigenvalue weighted by Gasteiger charge is 2.27. The molecule has 1 aliphatic carbocycles. The number of hydrogen-bond acceptors (Lipinski definition) is 4. The van der Waals surface area contributed by atoms with Crippen molar-refractivity contribution in [2.24, 2.45) is 5.92 Å². The topological polar surface area (TPSA) is 52.7 Å². The van der Waals surface area contributed by atoms with E-state index in [-0.39, 0.29) is 11.8 Å². The van der Waals surface area contributed by atoms with Gasteiger partial charge in [0.15, 0.2) is 0 Å². The molecule has 1 saturated heterocycles. The molecule has 2 amide bonds. The summed E-state index contributed by atoms with van der Waals surface area (Å²) in [7, 11) is 0. The second-order valence-electron chi connectivity index (χ2n) is 8.41. The van der Waals surface area contributed by atoms with Crippen LogP contribution in [0.15, 0.2) is 36.4 Å². The lowest BCUT2D eigenvalue weighted by atomic mass is 9.87. The molecule has 1 aromatic carbocycles. The van der Waals surface area contributed by atoms with E-state index in [1.807, 2.05) is 35.2 Å². The summed E-state index contributed by atoms with van der Waals surface area (Å²) < 4.78 is 0. The van der Waals surface area contributed by atoms with Crippen LogP contribution in [0.3, 0.4) is 0 Å². The average Bonchev–Trinajstić information content (AvgIpc) is 3.22. The summed E-state index contributed by atoms with van der Waals surface area (Å²) in [5.41, 5.74) is 2.50. The Bertz CT molecular complexity index is 872. The van der Waals surface area contributed by atoms with Gasteiger partial charge in [-0.05, 0) is 42.4 Å². The van der Waals surface area contributed by atoms with E-state index in [0.717, 1.165) is 42.3 Å². The zero-order chi connectivity index (χ0) is 20.9. The highest BCUT2D eigenvalue weighted by molar-refractivity contribution is 7.14. The first-order valence-electron chi connectivity index (χ1n) is 11.1.